The van der Waals surface area contributed by atoms with Gasteiger partial charge in [0.05, 0.1) is 5.69 Å². The highest BCUT2D eigenvalue weighted by Gasteiger charge is 2.37. The molecule has 0 radical (unpaired) electrons. The Morgan fingerprint density at radius 1 is 1.28 bits per heavy atom. The molecule has 1 aromatic heterocycles. The van der Waals surface area contributed by atoms with E-state index in [0.717, 1.165) is 18.5 Å². The Hall–Kier alpha value is -0.870. The lowest BCUT2D eigenvalue weighted by molar-refractivity contribution is 0.140. The monoisotopic (exact) mass is 250 g/mol. The van der Waals surface area contributed by atoms with Gasteiger partial charge < -0.3 is 10.6 Å². The number of piperidine rings is 1. The molecule has 1 fully saturated rings. The summed E-state index contributed by atoms with van der Waals surface area (Å²) in [6, 6.07) is 2.89. The van der Waals surface area contributed by atoms with Crippen LogP contribution in [0.3, 0.4) is 0 Å². The number of nitrogens with one attached hydrogen (secondary N) is 3. The summed E-state index contributed by atoms with van der Waals surface area (Å²) < 4.78 is 0. The first-order valence-corrected chi connectivity index (χ1v) is 6.82. The van der Waals surface area contributed by atoms with Crippen LogP contribution >= 0.6 is 0 Å². The molecule has 1 saturated heterocycles. The number of aromatic nitrogens is 2. The van der Waals surface area contributed by atoms with E-state index in [-0.39, 0.29) is 11.1 Å². The number of nitrogens with zero attached hydrogens (tertiary/aromatic N) is 1. The summed E-state index contributed by atoms with van der Waals surface area (Å²) in [6.07, 6.45) is 4.10. The predicted octanol–water partition coefficient (Wildman–Crippen LogP) is 2.37. The molecule has 2 heterocycles. The molecule has 4 nitrogen and oxygen atoms in total. The molecule has 1 unspecified atom stereocenters. The summed E-state index contributed by atoms with van der Waals surface area (Å²) in [5.74, 6) is 0. The Morgan fingerprint density at radius 2 is 1.89 bits per heavy atom. The minimum atomic E-state index is 0.188. The van der Waals surface area contributed by atoms with Gasteiger partial charge in [-0.1, -0.05) is 0 Å². The van der Waals surface area contributed by atoms with Crippen LogP contribution in [0.2, 0.25) is 0 Å². The van der Waals surface area contributed by atoms with Crippen molar-refractivity contribution in [1.82, 2.24) is 20.8 Å². The van der Waals surface area contributed by atoms with Crippen molar-refractivity contribution in [1.29, 1.82) is 0 Å². The number of hydrogen-bond acceptors (Lipinski definition) is 3. The maximum Gasteiger partial charge on any atom is 0.0518 e. The van der Waals surface area contributed by atoms with Gasteiger partial charge in [-0.25, -0.2) is 0 Å². The number of rotatable bonds is 3. The van der Waals surface area contributed by atoms with Gasteiger partial charge in [0.15, 0.2) is 0 Å². The summed E-state index contributed by atoms with van der Waals surface area (Å²) in [6.45, 7) is 11.3. The topological polar surface area (TPSA) is 52.7 Å². The fourth-order valence-corrected chi connectivity index (χ4v) is 3.39. The predicted molar refractivity (Wildman–Crippen MR) is 74.5 cm³/mol. The van der Waals surface area contributed by atoms with E-state index in [4.69, 9.17) is 0 Å². The van der Waals surface area contributed by atoms with Crippen molar-refractivity contribution in [3.8, 4) is 0 Å². The van der Waals surface area contributed by atoms with Crippen molar-refractivity contribution >= 4 is 0 Å². The average molecular weight is 250 g/mol. The molecule has 1 aliphatic heterocycles. The van der Waals surface area contributed by atoms with Gasteiger partial charge in [0.1, 0.15) is 0 Å². The Labute approximate surface area is 110 Å². The van der Waals surface area contributed by atoms with E-state index >= 15 is 0 Å². The first-order valence-electron chi connectivity index (χ1n) is 6.82. The van der Waals surface area contributed by atoms with Gasteiger partial charge in [-0.2, -0.15) is 5.10 Å². The first kappa shape index (κ1) is 13.6. The first-order chi connectivity index (χ1) is 8.27. The van der Waals surface area contributed by atoms with Crippen LogP contribution < -0.4 is 10.6 Å². The smallest absolute Gasteiger partial charge is 0.0518 e. The molecule has 0 aromatic carbocycles. The van der Waals surface area contributed by atoms with Gasteiger partial charge in [0.25, 0.3) is 0 Å². The lowest BCUT2D eigenvalue weighted by Crippen LogP contribution is -2.61. The third-order valence-electron chi connectivity index (χ3n) is 3.66. The van der Waals surface area contributed by atoms with Crippen LogP contribution in [0.1, 0.15) is 59.2 Å². The van der Waals surface area contributed by atoms with Crippen LogP contribution in [0.5, 0.6) is 0 Å². The van der Waals surface area contributed by atoms with Crippen LogP contribution in [0.25, 0.3) is 0 Å². The molecule has 1 aromatic rings. The summed E-state index contributed by atoms with van der Waals surface area (Å²) in [4.78, 5) is 0. The molecule has 1 atom stereocenters. The Morgan fingerprint density at radius 3 is 2.39 bits per heavy atom. The number of hydrogen-bond donors (Lipinski definition) is 3. The summed E-state index contributed by atoms with van der Waals surface area (Å²) in [5, 5.41) is 14.5. The van der Waals surface area contributed by atoms with Gasteiger partial charge in [-0.3, -0.25) is 5.10 Å². The minimum absolute atomic E-state index is 0.188. The van der Waals surface area contributed by atoms with Gasteiger partial charge in [0, 0.05) is 29.4 Å². The molecular formula is C14H26N4. The molecule has 18 heavy (non-hydrogen) atoms. The highest BCUT2D eigenvalue weighted by Crippen LogP contribution is 2.29. The van der Waals surface area contributed by atoms with Crippen molar-refractivity contribution in [2.45, 2.75) is 70.6 Å². The molecule has 0 amide bonds. The second-order valence-electron chi connectivity index (χ2n) is 6.90. The Bertz CT molecular complexity index is 365. The second-order valence-corrected chi connectivity index (χ2v) is 6.90. The molecule has 1 aliphatic rings. The normalized spacial score (nSPS) is 24.9. The van der Waals surface area contributed by atoms with Crippen LogP contribution in [0.15, 0.2) is 12.3 Å². The Balaban J connectivity index is 2.01. The van der Waals surface area contributed by atoms with Gasteiger partial charge in [0.2, 0.25) is 0 Å². The third kappa shape index (κ3) is 3.33. The minimum Gasteiger partial charge on any atom is -0.307 e. The standard InChI is InChI=1S/C14H26N4/c1-10(12-6-7-15-17-12)16-11-8-13(2,3)18-14(4,5)9-11/h6-7,10-11,16,18H,8-9H2,1-5H3,(H,15,17). The molecule has 0 spiro atoms. The summed E-state index contributed by atoms with van der Waals surface area (Å²) >= 11 is 0. The molecule has 2 rings (SSSR count). The van der Waals surface area contributed by atoms with E-state index in [1.807, 2.05) is 12.3 Å². The zero-order valence-corrected chi connectivity index (χ0v) is 12.2. The zero-order chi connectivity index (χ0) is 13.4. The van der Waals surface area contributed by atoms with Crippen molar-refractivity contribution < 1.29 is 0 Å². The van der Waals surface area contributed by atoms with E-state index in [2.05, 4.69) is 55.4 Å². The highest BCUT2D eigenvalue weighted by molar-refractivity contribution is 5.06. The van der Waals surface area contributed by atoms with Crippen molar-refractivity contribution in [2.24, 2.45) is 0 Å². The van der Waals surface area contributed by atoms with Crippen LogP contribution in [0, 0.1) is 0 Å². The van der Waals surface area contributed by atoms with E-state index < -0.39 is 0 Å². The Kier molecular flexibility index (Phi) is 3.52. The van der Waals surface area contributed by atoms with Crippen molar-refractivity contribution in [3.05, 3.63) is 18.0 Å². The molecule has 0 bridgehead atoms. The molecule has 0 saturated carbocycles. The number of aromatic amines is 1. The summed E-state index contributed by atoms with van der Waals surface area (Å²) in [5.41, 5.74) is 1.53. The van der Waals surface area contributed by atoms with E-state index in [1.54, 1.807) is 0 Å². The van der Waals surface area contributed by atoms with Gasteiger partial charge >= 0.3 is 0 Å². The van der Waals surface area contributed by atoms with Gasteiger partial charge in [-0.05, 0) is 53.5 Å². The maximum atomic E-state index is 4.02. The van der Waals surface area contributed by atoms with Crippen LogP contribution in [0.4, 0.5) is 0 Å². The third-order valence-corrected chi connectivity index (χ3v) is 3.66. The second kappa shape index (κ2) is 4.67. The number of H-pyrrole nitrogens is 1. The quantitative estimate of drug-likeness (QED) is 0.772. The maximum absolute atomic E-state index is 4.02. The lowest BCUT2D eigenvalue weighted by Gasteiger charge is -2.47. The lowest BCUT2D eigenvalue weighted by atomic mass is 9.79. The largest absolute Gasteiger partial charge is 0.307 e. The van der Waals surface area contributed by atoms with Crippen LogP contribution in [-0.4, -0.2) is 27.3 Å². The SMILES string of the molecule is CC(NC1CC(C)(C)NC(C)(C)C1)c1ccn[nH]1. The van der Waals surface area contributed by atoms with Crippen molar-refractivity contribution in [3.63, 3.8) is 0 Å². The van der Waals surface area contributed by atoms with E-state index in [1.165, 1.54) is 0 Å². The average Bonchev–Trinajstić information content (AvgIpc) is 2.63. The summed E-state index contributed by atoms with van der Waals surface area (Å²) in [7, 11) is 0. The van der Waals surface area contributed by atoms with Gasteiger partial charge in [-0.15, -0.1) is 0 Å². The van der Waals surface area contributed by atoms with Crippen LogP contribution in [-0.2, 0) is 0 Å². The zero-order valence-electron chi connectivity index (χ0n) is 12.2. The molecule has 0 aliphatic carbocycles. The highest BCUT2D eigenvalue weighted by atomic mass is 15.1. The molecule has 3 N–H and O–H groups in total. The fourth-order valence-electron chi connectivity index (χ4n) is 3.39. The van der Waals surface area contributed by atoms with E-state index in [9.17, 15) is 0 Å². The fraction of sp³-hybridized carbons (Fsp3) is 0.786. The van der Waals surface area contributed by atoms with Crippen molar-refractivity contribution in [2.75, 3.05) is 0 Å². The van der Waals surface area contributed by atoms with E-state index in [0.29, 0.717) is 12.1 Å². The molecular weight excluding hydrogens is 224 g/mol. The molecule has 4 heteroatoms. The molecule has 102 valence electrons.